The summed E-state index contributed by atoms with van der Waals surface area (Å²) in [4.78, 5) is 19.1. The van der Waals surface area contributed by atoms with E-state index in [9.17, 15) is 9.18 Å². The zero-order chi connectivity index (χ0) is 19.7. The number of nitrogens with one attached hydrogen (secondary N) is 1. The second-order valence-corrected chi connectivity index (χ2v) is 6.55. The molecule has 0 saturated carbocycles. The average molecular weight is 377 g/mol. The predicted molar refractivity (Wildman–Crippen MR) is 106 cm³/mol. The van der Waals surface area contributed by atoms with Gasteiger partial charge in [0.2, 0.25) is 0 Å². The van der Waals surface area contributed by atoms with Gasteiger partial charge in [0.1, 0.15) is 11.6 Å². The molecule has 2 aromatic carbocycles. The molecule has 0 aliphatic carbocycles. The number of amides is 1. The Morgan fingerprint density at radius 2 is 1.96 bits per heavy atom. The number of aromatic nitrogens is 1. The summed E-state index contributed by atoms with van der Waals surface area (Å²) in [6.45, 7) is 4.20. The molecule has 0 fully saturated rings. The minimum atomic E-state index is -0.538. The fourth-order valence-corrected chi connectivity index (χ4v) is 3.29. The molecule has 0 spiro atoms. The van der Waals surface area contributed by atoms with Crippen LogP contribution in [-0.4, -0.2) is 17.5 Å². The van der Waals surface area contributed by atoms with Gasteiger partial charge in [-0.3, -0.25) is 14.7 Å². The summed E-state index contributed by atoms with van der Waals surface area (Å²) < 4.78 is 19.5. The van der Waals surface area contributed by atoms with Gasteiger partial charge in [-0.15, -0.1) is 0 Å². The normalized spacial score (nSPS) is 15.5. The molecule has 2 heterocycles. The first-order valence-electron chi connectivity index (χ1n) is 9.12. The van der Waals surface area contributed by atoms with Gasteiger partial charge in [0, 0.05) is 17.6 Å². The van der Waals surface area contributed by atoms with E-state index in [1.807, 2.05) is 31.2 Å². The molecular formula is C22H20FN3O2. The van der Waals surface area contributed by atoms with Crippen LogP contribution in [-0.2, 0) is 0 Å². The lowest BCUT2D eigenvalue weighted by molar-refractivity contribution is 0.0993. The Bertz CT molecular complexity index is 1020. The number of rotatable bonds is 5. The van der Waals surface area contributed by atoms with Crippen molar-refractivity contribution in [2.24, 2.45) is 0 Å². The van der Waals surface area contributed by atoms with Crippen molar-refractivity contribution in [3.05, 3.63) is 83.4 Å². The molecule has 5 nitrogen and oxygen atoms in total. The maximum Gasteiger partial charge on any atom is 0.262 e. The quantitative estimate of drug-likeness (QED) is 0.700. The largest absolute Gasteiger partial charge is 0.494 e. The molecule has 0 unspecified atom stereocenters. The van der Waals surface area contributed by atoms with E-state index in [0.29, 0.717) is 34.8 Å². The Morgan fingerprint density at radius 3 is 2.68 bits per heavy atom. The van der Waals surface area contributed by atoms with Crippen LogP contribution in [0.3, 0.4) is 0 Å². The van der Waals surface area contributed by atoms with Gasteiger partial charge in [0.25, 0.3) is 5.91 Å². The van der Waals surface area contributed by atoms with Crippen LogP contribution in [0.4, 0.5) is 15.8 Å². The number of pyridine rings is 1. The number of hydrogen-bond donors (Lipinski definition) is 1. The molecule has 1 aliphatic rings. The Balaban J connectivity index is 1.72. The average Bonchev–Trinajstić information content (AvgIpc) is 2.98. The third-order valence-electron chi connectivity index (χ3n) is 4.71. The van der Waals surface area contributed by atoms with Crippen LogP contribution < -0.4 is 15.0 Å². The first-order valence-corrected chi connectivity index (χ1v) is 9.12. The molecule has 0 saturated heterocycles. The summed E-state index contributed by atoms with van der Waals surface area (Å²) in [5, 5.41) is 3.26. The number of benzene rings is 2. The smallest absolute Gasteiger partial charge is 0.262 e. The number of fused-ring (bicyclic) bond motifs is 1. The second-order valence-electron chi connectivity index (χ2n) is 6.55. The van der Waals surface area contributed by atoms with E-state index in [-0.39, 0.29) is 11.7 Å². The lowest BCUT2D eigenvalue weighted by Gasteiger charge is -2.26. The summed E-state index contributed by atoms with van der Waals surface area (Å²) in [6.07, 6.45) is 1.11. The minimum Gasteiger partial charge on any atom is -0.494 e. The number of halogens is 1. The summed E-state index contributed by atoms with van der Waals surface area (Å²) in [5.41, 5.74) is 2.99. The predicted octanol–water partition coefficient (Wildman–Crippen LogP) is 4.70. The van der Waals surface area contributed by atoms with Gasteiger partial charge >= 0.3 is 0 Å². The first-order chi connectivity index (χ1) is 13.6. The van der Waals surface area contributed by atoms with Gasteiger partial charge in [-0.05, 0) is 67.9 Å². The van der Waals surface area contributed by atoms with Gasteiger partial charge < -0.3 is 10.1 Å². The van der Waals surface area contributed by atoms with E-state index in [0.717, 1.165) is 5.75 Å². The molecule has 6 heteroatoms. The van der Waals surface area contributed by atoms with Crippen LogP contribution in [0.15, 0.2) is 60.8 Å². The maximum absolute atomic E-state index is 14.0. The van der Waals surface area contributed by atoms with E-state index in [4.69, 9.17) is 4.74 Å². The van der Waals surface area contributed by atoms with E-state index < -0.39 is 6.17 Å². The molecular weight excluding hydrogens is 357 g/mol. The molecule has 0 radical (unpaired) electrons. The lowest BCUT2D eigenvalue weighted by Crippen LogP contribution is -2.32. The molecule has 0 bridgehead atoms. The second kappa shape index (κ2) is 7.31. The van der Waals surface area contributed by atoms with Crippen LogP contribution in [0.2, 0.25) is 0 Å². The summed E-state index contributed by atoms with van der Waals surface area (Å²) in [5.74, 6) is 0.277. The molecule has 1 amide bonds. The highest BCUT2D eigenvalue weighted by Gasteiger charge is 2.39. The van der Waals surface area contributed by atoms with Gasteiger partial charge in [0.15, 0.2) is 6.17 Å². The van der Waals surface area contributed by atoms with Crippen molar-refractivity contribution in [1.82, 2.24) is 4.98 Å². The summed E-state index contributed by atoms with van der Waals surface area (Å²) in [7, 11) is 0. The van der Waals surface area contributed by atoms with Crippen LogP contribution >= 0.6 is 0 Å². The van der Waals surface area contributed by atoms with E-state index in [1.165, 1.54) is 6.07 Å². The third-order valence-corrected chi connectivity index (χ3v) is 4.71. The number of aryl methyl sites for hydroxylation is 1. The molecule has 1 aliphatic heterocycles. The molecule has 1 atom stereocenters. The molecule has 3 aromatic rings. The highest BCUT2D eigenvalue weighted by atomic mass is 19.1. The highest BCUT2D eigenvalue weighted by molar-refractivity contribution is 6.11. The van der Waals surface area contributed by atoms with Crippen LogP contribution in [0.5, 0.6) is 5.75 Å². The number of anilines is 2. The Morgan fingerprint density at radius 1 is 1.18 bits per heavy atom. The highest BCUT2D eigenvalue weighted by Crippen LogP contribution is 2.37. The molecule has 1 aromatic heterocycles. The fourth-order valence-electron chi connectivity index (χ4n) is 3.29. The molecule has 142 valence electrons. The Labute approximate surface area is 162 Å². The molecule has 4 rings (SSSR count). The van der Waals surface area contributed by atoms with E-state index in [1.54, 1.807) is 42.3 Å². The van der Waals surface area contributed by atoms with Crippen molar-refractivity contribution in [2.75, 3.05) is 16.8 Å². The van der Waals surface area contributed by atoms with Crippen molar-refractivity contribution >= 4 is 17.3 Å². The SMILES string of the molecule is CCOc1ccc(N2C(=O)c3cccnc3[C@H]2Nc2ccc(C)c(F)c2)cc1. The van der Waals surface area contributed by atoms with Crippen molar-refractivity contribution in [3.8, 4) is 5.75 Å². The van der Waals surface area contributed by atoms with Gasteiger partial charge in [0.05, 0.1) is 17.9 Å². The zero-order valence-electron chi connectivity index (χ0n) is 15.6. The number of hydrogen-bond acceptors (Lipinski definition) is 4. The Kier molecular flexibility index (Phi) is 4.69. The maximum atomic E-state index is 14.0. The molecule has 28 heavy (non-hydrogen) atoms. The first kappa shape index (κ1) is 18.0. The number of carbonyl (C=O) groups is 1. The van der Waals surface area contributed by atoms with Crippen LogP contribution in [0.1, 0.15) is 34.7 Å². The van der Waals surface area contributed by atoms with Gasteiger partial charge in [-0.25, -0.2) is 4.39 Å². The van der Waals surface area contributed by atoms with Crippen molar-refractivity contribution in [2.45, 2.75) is 20.0 Å². The topological polar surface area (TPSA) is 54.5 Å². The monoisotopic (exact) mass is 377 g/mol. The number of ether oxygens (including phenoxy) is 1. The van der Waals surface area contributed by atoms with Crippen molar-refractivity contribution in [3.63, 3.8) is 0 Å². The van der Waals surface area contributed by atoms with Crippen molar-refractivity contribution in [1.29, 1.82) is 0 Å². The lowest BCUT2D eigenvalue weighted by atomic mass is 10.2. The summed E-state index contributed by atoms with van der Waals surface area (Å²) >= 11 is 0. The fraction of sp³-hybridized carbons (Fsp3) is 0.182. The number of nitrogens with zero attached hydrogens (tertiary/aromatic N) is 2. The molecule has 1 N–H and O–H groups in total. The standard InChI is InChI=1S/C22H20FN3O2/c1-3-28-17-10-8-16(9-11-17)26-21(20-18(22(26)27)5-4-12-24-20)25-15-7-6-14(2)19(23)13-15/h4-13,21,25H,3H2,1-2H3/t21-/m0/s1. The zero-order valence-corrected chi connectivity index (χ0v) is 15.6. The van der Waals surface area contributed by atoms with Crippen LogP contribution in [0, 0.1) is 12.7 Å². The number of carbonyl (C=O) groups excluding carboxylic acids is 1. The van der Waals surface area contributed by atoms with Gasteiger partial charge in [-0.2, -0.15) is 0 Å². The minimum absolute atomic E-state index is 0.155. The van der Waals surface area contributed by atoms with Crippen molar-refractivity contribution < 1.29 is 13.9 Å². The Hall–Kier alpha value is -3.41. The summed E-state index contributed by atoms with van der Waals surface area (Å²) in [6, 6.07) is 15.7. The van der Waals surface area contributed by atoms with E-state index >= 15 is 0 Å². The third kappa shape index (κ3) is 3.17. The van der Waals surface area contributed by atoms with Gasteiger partial charge in [-0.1, -0.05) is 6.07 Å². The van der Waals surface area contributed by atoms with Crippen LogP contribution in [0.25, 0.3) is 0 Å². The van der Waals surface area contributed by atoms with E-state index in [2.05, 4.69) is 10.3 Å².